The van der Waals surface area contributed by atoms with Crippen molar-refractivity contribution in [3.63, 3.8) is 0 Å². The van der Waals surface area contributed by atoms with Crippen LogP contribution in [0, 0.1) is 5.82 Å². The average molecular weight is 747 g/mol. The van der Waals surface area contributed by atoms with Crippen LogP contribution in [-0.2, 0) is 0 Å². The third-order valence-corrected chi connectivity index (χ3v) is 11.3. The molecule has 58 heavy (non-hydrogen) atoms. The zero-order valence-electron chi connectivity index (χ0n) is 31.4. The number of aromatic nitrogens is 1. The van der Waals surface area contributed by atoms with Crippen molar-refractivity contribution >= 4 is 60.8 Å². The minimum absolute atomic E-state index is 0.239. The number of para-hydroxylation sites is 3. The quantitative estimate of drug-likeness (QED) is 0.162. The number of rotatable bonds is 7. The van der Waals surface area contributed by atoms with Gasteiger partial charge in [-0.25, -0.2) is 4.39 Å². The smallest absolute Gasteiger partial charge is 0.136 e. The van der Waals surface area contributed by atoms with Gasteiger partial charge in [-0.2, -0.15) is 0 Å². The van der Waals surface area contributed by atoms with Crippen LogP contribution in [0.15, 0.2) is 217 Å². The summed E-state index contributed by atoms with van der Waals surface area (Å²) in [5, 5.41) is 4.17. The van der Waals surface area contributed by atoms with E-state index in [1.807, 2.05) is 42.5 Å². The molecule has 274 valence electrons. The van der Waals surface area contributed by atoms with E-state index in [0.29, 0.717) is 0 Å². The number of hydrogen-bond donors (Lipinski definition) is 0. The third-order valence-electron chi connectivity index (χ3n) is 11.3. The summed E-state index contributed by atoms with van der Waals surface area (Å²) in [7, 11) is 0. The summed E-state index contributed by atoms with van der Waals surface area (Å²) in [5.74, 6) is -0.239. The summed E-state index contributed by atoms with van der Waals surface area (Å²) >= 11 is 0. The molecule has 0 saturated heterocycles. The molecule has 0 radical (unpaired) electrons. The highest BCUT2D eigenvalue weighted by Crippen LogP contribution is 2.42. The van der Waals surface area contributed by atoms with Crippen molar-refractivity contribution in [2.75, 3.05) is 4.90 Å². The molecule has 0 bridgehead atoms. The van der Waals surface area contributed by atoms with Crippen LogP contribution in [-0.4, -0.2) is 4.57 Å². The summed E-state index contributed by atoms with van der Waals surface area (Å²) in [6, 6.07) is 73.2. The van der Waals surface area contributed by atoms with Gasteiger partial charge in [-0.1, -0.05) is 133 Å². The van der Waals surface area contributed by atoms with E-state index in [0.717, 1.165) is 88.7 Å². The molecule has 11 rings (SSSR count). The first-order valence-corrected chi connectivity index (χ1v) is 19.5. The molecule has 0 fully saturated rings. The minimum atomic E-state index is -0.239. The van der Waals surface area contributed by atoms with Gasteiger partial charge in [0.05, 0.1) is 16.7 Å². The molecule has 0 aliphatic carbocycles. The summed E-state index contributed by atoms with van der Waals surface area (Å²) in [6.45, 7) is 0. The standard InChI is InChI=1S/C54H35FN2O/c55-40-27-34-51-48(35-40)46-14-5-8-18-50(46)57(51)49-17-7-4-13-44(49)38-23-30-42(31-24-38)56(41-28-21-37(22-29-41)36-11-2-1-3-12-36)43-32-25-39(26-33-43)45-16-10-20-53-54(45)47-15-6-9-19-52(47)58-53/h1-35H. The number of fused-ring (bicyclic) bond motifs is 6. The zero-order valence-corrected chi connectivity index (χ0v) is 31.4. The maximum Gasteiger partial charge on any atom is 0.136 e. The number of nitrogens with zero attached hydrogens (tertiary/aromatic N) is 2. The lowest BCUT2D eigenvalue weighted by molar-refractivity contribution is 0.629. The Morgan fingerprint density at radius 2 is 0.914 bits per heavy atom. The van der Waals surface area contributed by atoms with E-state index in [2.05, 4.69) is 167 Å². The molecule has 3 nitrogen and oxygen atoms in total. The monoisotopic (exact) mass is 746 g/mol. The van der Waals surface area contributed by atoms with Crippen LogP contribution in [0.3, 0.4) is 0 Å². The Morgan fingerprint density at radius 3 is 1.66 bits per heavy atom. The first-order valence-electron chi connectivity index (χ1n) is 19.5. The number of benzene rings is 9. The predicted molar refractivity (Wildman–Crippen MR) is 239 cm³/mol. The van der Waals surface area contributed by atoms with Crippen molar-refractivity contribution in [2.24, 2.45) is 0 Å². The van der Waals surface area contributed by atoms with E-state index >= 15 is 0 Å². The molecular weight excluding hydrogens is 712 g/mol. The molecule has 4 heteroatoms. The maximum absolute atomic E-state index is 14.5. The molecule has 2 heterocycles. The highest BCUT2D eigenvalue weighted by atomic mass is 19.1. The molecule has 9 aromatic carbocycles. The van der Waals surface area contributed by atoms with Crippen LogP contribution in [0.1, 0.15) is 0 Å². The predicted octanol–water partition coefficient (Wildman–Crippen LogP) is 15.3. The second-order valence-electron chi connectivity index (χ2n) is 14.7. The molecular formula is C54H35FN2O. The van der Waals surface area contributed by atoms with Crippen LogP contribution >= 0.6 is 0 Å². The van der Waals surface area contributed by atoms with Crippen LogP contribution in [0.25, 0.3) is 82.8 Å². The van der Waals surface area contributed by atoms with Crippen molar-refractivity contribution in [3.05, 3.63) is 218 Å². The van der Waals surface area contributed by atoms with E-state index < -0.39 is 0 Å². The summed E-state index contributed by atoms with van der Waals surface area (Å²) in [5.41, 5.74) is 14.8. The number of furan rings is 1. The fraction of sp³-hybridized carbons (Fsp3) is 0. The van der Waals surface area contributed by atoms with Crippen LogP contribution < -0.4 is 4.90 Å². The number of halogens is 1. The lowest BCUT2D eigenvalue weighted by Gasteiger charge is -2.26. The summed E-state index contributed by atoms with van der Waals surface area (Å²) in [4.78, 5) is 2.31. The largest absolute Gasteiger partial charge is 0.456 e. The van der Waals surface area contributed by atoms with Crippen molar-refractivity contribution < 1.29 is 8.81 Å². The second kappa shape index (κ2) is 13.8. The van der Waals surface area contributed by atoms with Gasteiger partial charge in [-0.15, -0.1) is 0 Å². The normalized spacial score (nSPS) is 11.5. The van der Waals surface area contributed by atoms with E-state index in [1.165, 1.54) is 11.1 Å². The molecule has 0 aliphatic heterocycles. The minimum Gasteiger partial charge on any atom is -0.456 e. The Balaban J connectivity index is 1.01. The lowest BCUT2D eigenvalue weighted by Crippen LogP contribution is -2.09. The number of hydrogen-bond acceptors (Lipinski definition) is 2. The molecule has 0 amide bonds. The fourth-order valence-corrected chi connectivity index (χ4v) is 8.59. The molecule has 0 spiro atoms. The van der Waals surface area contributed by atoms with Crippen molar-refractivity contribution in [2.45, 2.75) is 0 Å². The van der Waals surface area contributed by atoms with Gasteiger partial charge < -0.3 is 13.9 Å². The van der Waals surface area contributed by atoms with Gasteiger partial charge in [-0.05, 0) is 107 Å². The van der Waals surface area contributed by atoms with Gasteiger partial charge in [-0.3, -0.25) is 0 Å². The molecule has 0 atom stereocenters. The van der Waals surface area contributed by atoms with Crippen molar-refractivity contribution in [3.8, 4) is 39.1 Å². The maximum atomic E-state index is 14.5. The third kappa shape index (κ3) is 5.65. The Kier molecular flexibility index (Phi) is 8.00. The Hall–Kier alpha value is -7.69. The first-order chi connectivity index (χ1) is 28.7. The van der Waals surface area contributed by atoms with Gasteiger partial charge in [0.2, 0.25) is 0 Å². The topological polar surface area (TPSA) is 21.3 Å². The highest BCUT2D eigenvalue weighted by molar-refractivity contribution is 6.12. The molecule has 0 saturated carbocycles. The second-order valence-corrected chi connectivity index (χ2v) is 14.7. The van der Waals surface area contributed by atoms with Crippen LogP contribution in [0.4, 0.5) is 21.5 Å². The SMILES string of the molecule is Fc1ccc2c(c1)c1ccccc1n2-c1ccccc1-c1ccc(N(c2ccc(-c3ccccc3)cc2)c2ccc(-c3cccc4oc5ccccc5c34)cc2)cc1. The van der Waals surface area contributed by atoms with Gasteiger partial charge >= 0.3 is 0 Å². The summed E-state index contributed by atoms with van der Waals surface area (Å²) < 4.78 is 23.0. The fourth-order valence-electron chi connectivity index (χ4n) is 8.59. The molecule has 11 aromatic rings. The van der Waals surface area contributed by atoms with Gasteiger partial charge in [0.15, 0.2) is 0 Å². The van der Waals surface area contributed by atoms with E-state index in [4.69, 9.17) is 4.42 Å². The zero-order chi connectivity index (χ0) is 38.6. The Bertz CT molecular complexity index is 3270. The summed E-state index contributed by atoms with van der Waals surface area (Å²) in [6.07, 6.45) is 0. The molecule has 0 aliphatic rings. The van der Waals surface area contributed by atoms with E-state index in [9.17, 15) is 4.39 Å². The Labute approximate surface area is 335 Å². The average Bonchev–Trinajstić information content (AvgIpc) is 3.83. The Morgan fingerprint density at radius 1 is 0.379 bits per heavy atom. The van der Waals surface area contributed by atoms with Crippen molar-refractivity contribution in [1.82, 2.24) is 4.57 Å². The highest BCUT2D eigenvalue weighted by Gasteiger charge is 2.18. The number of anilines is 3. The molecule has 2 aromatic heterocycles. The van der Waals surface area contributed by atoms with Crippen LogP contribution in [0.2, 0.25) is 0 Å². The lowest BCUT2D eigenvalue weighted by atomic mass is 9.99. The first kappa shape index (κ1) is 33.6. The van der Waals surface area contributed by atoms with E-state index in [-0.39, 0.29) is 5.82 Å². The van der Waals surface area contributed by atoms with Crippen molar-refractivity contribution in [1.29, 1.82) is 0 Å². The van der Waals surface area contributed by atoms with Gasteiger partial charge in [0.25, 0.3) is 0 Å². The van der Waals surface area contributed by atoms with Gasteiger partial charge in [0.1, 0.15) is 17.0 Å². The molecule has 0 unspecified atom stereocenters. The van der Waals surface area contributed by atoms with Crippen LogP contribution in [0.5, 0.6) is 0 Å². The van der Waals surface area contributed by atoms with Gasteiger partial charge in [0, 0.05) is 44.2 Å². The van der Waals surface area contributed by atoms with E-state index in [1.54, 1.807) is 12.1 Å². The molecule has 0 N–H and O–H groups in total.